The van der Waals surface area contributed by atoms with E-state index >= 15 is 0 Å². The number of hydrogen-bond acceptors (Lipinski definition) is 4. The van der Waals surface area contributed by atoms with Gasteiger partial charge < -0.3 is 16.4 Å². The molecule has 8 heteroatoms. The summed E-state index contributed by atoms with van der Waals surface area (Å²) < 4.78 is 0. The number of carbonyl (C=O) groups excluding carboxylic acids is 3. The number of nitrogens with one attached hydrogen (secondary N) is 3. The molecule has 2 aliphatic carbocycles. The lowest BCUT2D eigenvalue weighted by molar-refractivity contribution is -0.122. The van der Waals surface area contributed by atoms with Crippen LogP contribution in [-0.4, -0.2) is 29.9 Å². The van der Waals surface area contributed by atoms with Gasteiger partial charge in [0.2, 0.25) is 5.91 Å². The van der Waals surface area contributed by atoms with Crippen LogP contribution in [0, 0.1) is 17.8 Å². The molecule has 3 atom stereocenters. The third kappa shape index (κ3) is 4.31. The molecule has 4 rings (SSSR count). The van der Waals surface area contributed by atoms with E-state index in [0.29, 0.717) is 18.3 Å². The van der Waals surface area contributed by atoms with Gasteiger partial charge in [0.05, 0.1) is 0 Å². The van der Waals surface area contributed by atoms with E-state index in [4.69, 9.17) is 5.73 Å². The van der Waals surface area contributed by atoms with Gasteiger partial charge in [-0.25, -0.2) is 4.79 Å². The van der Waals surface area contributed by atoms with Gasteiger partial charge in [-0.3, -0.25) is 14.9 Å². The molecule has 1 aromatic carbocycles. The molecule has 7 nitrogen and oxygen atoms in total. The first kappa shape index (κ1) is 20.6. The number of hydrogen-bond donors (Lipinski definition) is 4. The van der Waals surface area contributed by atoms with Crippen LogP contribution in [0.4, 0.5) is 10.5 Å². The fourth-order valence-corrected chi connectivity index (χ4v) is 4.81. The van der Waals surface area contributed by atoms with Gasteiger partial charge in [0.1, 0.15) is 6.04 Å². The fourth-order valence-electron chi connectivity index (χ4n) is 4.81. The fraction of sp³-hybridized carbons (Fsp3) is 0.550. The summed E-state index contributed by atoms with van der Waals surface area (Å²) in [4.78, 5) is 35.5. The average Bonchev–Trinajstić information content (AvgIpc) is 2.93. The van der Waals surface area contributed by atoms with Crippen molar-refractivity contribution in [1.82, 2.24) is 10.6 Å². The number of benzene rings is 1. The van der Waals surface area contributed by atoms with Gasteiger partial charge >= 0.3 is 6.03 Å². The van der Waals surface area contributed by atoms with Crippen LogP contribution >= 0.6 is 12.4 Å². The van der Waals surface area contributed by atoms with Crippen LogP contribution in [0.1, 0.15) is 37.7 Å². The maximum Gasteiger partial charge on any atom is 0.322 e. The molecule has 0 radical (unpaired) electrons. The minimum atomic E-state index is -0.538. The van der Waals surface area contributed by atoms with Crippen molar-refractivity contribution in [1.29, 1.82) is 0 Å². The van der Waals surface area contributed by atoms with E-state index in [0.717, 1.165) is 36.9 Å². The Bertz CT molecular complexity index is 740. The lowest BCUT2D eigenvalue weighted by Crippen LogP contribution is -2.48. The first-order chi connectivity index (χ1) is 13.0. The number of rotatable bonds is 4. The van der Waals surface area contributed by atoms with Crippen LogP contribution < -0.4 is 21.7 Å². The lowest BCUT2D eigenvalue weighted by atomic mass is 9.65. The highest BCUT2D eigenvalue weighted by atomic mass is 35.5. The number of halogens is 1. The van der Waals surface area contributed by atoms with E-state index in [1.54, 1.807) is 0 Å². The Morgan fingerprint density at radius 1 is 1.11 bits per heavy atom. The molecule has 1 aliphatic heterocycles. The van der Waals surface area contributed by atoms with Gasteiger partial charge in [-0.1, -0.05) is 18.6 Å². The number of anilines is 1. The predicted molar refractivity (Wildman–Crippen MR) is 108 cm³/mol. The van der Waals surface area contributed by atoms with Crippen LogP contribution in [-0.2, 0) is 16.0 Å². The molecule has 4 amide bonds. The largest absolute Gasteiger partial charge is 0.327 e. The summed E-state index contributed by atoms with van der Waals surface area (Å²) in [5.74, 6) is 0.761. The summed E-state index contributed by atoms with van der Waals surface area (Å²) in [6.45, 7) is 0. The van der Waals surface area contributed by atoms with E-state index < -0.39 is 12.1 Å². The van der Waals surface area contributed by atoms with Gasteiger partial charge in [0.25, 0.3) is 5.91 Å². The second kappa shape index (κ2) is 8.49. The maximum atomic E-state index is 12.7. The summed E-state index contributed by atoms with van der Waals surface area (Å²) in [5.41, 5.74) is 7.99. The smallest absolute Gasteiger partial charge is 0.322 e. The molecular weight excluding hydrogens is 380 g/mol. The van der Waals surface area contributed by atoms with Crippen molar-refractivity contribution in [2.45, 2.75) is 50.6 Å². The zero-order valence-corrected chi connectivity index (χ0v) is 16.5. The summed E-state index contributed by atoms with van der Waals surface area (Å²) in [6.07, 6.45) is 5.72. The molecule has 0 aromatic heterocycles. The molecule has 1 aromatic rings. The molecule has 3 fully saturated rings. The molecule has 3 aliphatic rings. The van der Waals surface area contributed by atoms with Crippen molar-refractivity contribution < 1.29 is 14.4 Å². The van der Waals surface area contributed by atoms with Gasteiger partial charge in [-0.15, -0.1) is 12.4 Å². The maximum absolute atomic E-state index is 12.7. The highest BCUT2D eigenvalue weighted by Gasteiger charge is 2.40. The molecule has 5 N–H and O–H groups in total. The van der Waals surface area contributed by atoms with E-state index in [9.17, 15) is 14.4 Å². The third-order valence-corrected chi connectivity index (χ3v) is 6.30. The molecule has 0 spiro atoms. The lowest BCUT2D eigenvalue weighted by Gasteiger charge is -2.43. The first-order valence-corrected chi connectivity index (χ1v) is 9.76. The van der Waals surface area contributed by atoms with Gasteiger partial charge in [-0.2, -0.15) is 0 Å². The Morgan fingerprint density at radius 3 is 2.32 bits per heavy atom. The molecule has 2 bridgehead atoms. The SMILES string of the molecule is Cl.NC1C2CCCC1CC(C(=O)Nc1ccc(CC3NC(=O)NC3=O)cc1)C2. The Kier molecular flexibility index (Phi) is 6.25. The number of amides is 4. The second-order valence-electron chi connectivity index (χ2n) is 8.10. The molecular formula is C20H27ClN4O3. The van der Waals surface area contributed by atoms with E-state index in [-0.39, 0.29) is 36.2 Å². The summed E-state index contributed by atoms with van der Waals surface area (Å²) in [7, 11) is 0. The van der Waals surface area contributed by atoms with Crippen molar-refractivity contribution >= 4 is 35.9 Å². The zero-order chi connectivity index (χ0) is 19.0. The summed E-state index contributed by atoms with van der Waals surface area (Å²) in [6, 6.07) is 6.71. The standard InChI is InChI=1S/C20H26N4O3.ClH/c21-17-12-2-1-3-13(17)10-14(9-12)18(25)22-15-6-4-11(5-7-15)8-16-19(26)24-20(27)23-16;/h4-7,12-14,16-17H,1-3,8-10,21H2,(H,22,25)(H2,23,24,26,27);1H. The Balaban J connectivity index is 0.00000225. The van der Waals surface area contributed by atoms with Crippen LogP contribution in [0.15, 0.2) is 24.3 Å². The van der Waals surface area contributed by atoms with Gasteiger partial charge in [-0.05, 0) is 55.2 Å². The zero-order valence-electron chi connectivity index (χ0n) is 15.6. The Labute approximate surface area is 170 Å². The quantitative estimate of drug-likeness (QED) is 0.572. The number of nitrogens with two attached hydrogens (primary N) is 1. The summed E-state index contributed by atoms with van der Waals surface area (Å²) in [5, 5.41) is 7.83. The first-order valence-electron chi connectivity index (χ1n) is 9.76. The molecule has 2 saturated carbocycles. The van der Waals surface area contributed by atoms with Crippen molar-refractivity contribution in [2.75, 3.05) is 5.32 Å². The van der Waals surface area contributed by atoms with E-state index in [1.165, 1.54) is 6.42 Å². The van der Waals surface area contributed by atoms with Crippen molar-refractivity contribution in [2.24, 2.45) is 23.5 Å². The van der Waals surface area contributed by atoms with Gasteiger partial charge in [0, 0.05) is 24.1 Å². The second-order valence-corrected chi connectivity index (χ2v) is 8.10. The van der Waals surface area contributed by atoms with Gasteiger partial charge in [0.15, 0.2) is 0 Å². The monoisotopic (exact) mass is 406 g/mol. The third-order valence-electron chi connectivity index (χ3n) is 6.30. The average molecular weight is 407 g/mol. The van der Waals surface area contributed by atoms with Crippen molar-refractivity contribution in [3.05, 3.63) is 29.8 Å². The normalized spacial score (nSPS) is 31.4. The highest BCUT2D eigenvalue weighted by molar-refractivity contribution is 6.04. The molecule has 152 valence electrons. The van der Waals surface area contributed by atoms with Crippen LogP contribution in [0.2, 0.25) is 0 Å². The minimum absolute atomic E-state index is 0. The molecule has 1 heterocycles. The highest BCUT2D eigenvalue weighted by Crippen LogP contribution is 2.42. The van der Waals surface area contributed by atoms with Crippen LogP contribution in [0.25, 0.3) is 0 Å². The van der Waals surface area contributed by atoms with Crippen molar-refractivity contribution in [3.63, 3.8) is 0 Å². The molecule has 3 unspecified atom stereocenters. The predicted octanol–water partition coefficient (Wildman–Crippen LogP) is 1.95. The van der Waals surface area contributed by atoms with Crippen LogP contribution in [0.5, 0.6) is 0 Å². The Morgan fingerprint density at radius 2 is 1.75 bits per heavy atom. The van der Waals surface area contributed by atoms with E-state index in [1.807, 2.05) is 24.3 Å². The summed E-state index contributed by atoms with van der Waals surface area (Å²) >= 11 is 0. The number of carbonyl (C=O) groups is 3. The topological polar surface area (TPSA) is 113 Å². The van der Waals surface area contributed by atoms with Crippen LogP contribution in [0.3, 0.4) is 0 Å². The Hall–Kier alpha value is -2.12. The number of imide groups is 1. The van der Waals surface area contributed by atoms with E-state index in [2.05, 4.69) is 16.0 Å². The molecule has 1 saturated heterocycles. The van der Waals surface area contributed by atoms with Crippen molar-refractivity contribution in [3.8, 4) is 0 Å². The molecule has 28 heavy (non-hydrogen) atoms. The number of fused-ring (bicyclic) bond motifs is 2. The number of urea groups is 1. The minimum Gasteiger partial charge on any atom is -0.327 e.